The maximum atomic E-state index is 13.3. The zero-order chi connectivity index (χ0) is 40.1. The summed E-state index contributed by atoms with van der Waals surface area (Å²) in [5.41, 5.74) is 11.3. The minimum Gasteiger partial charge on any atom is -0.377 e. The van der Waals surface area contributed by atoms with Gasteiger partial charge in [-0.15, -0.1) is 0 Å². The molecule has 0 aliphatic rings. The zero-order valence-corrected chi connectivity index (χ0v) is 37.3. The Balaban J connectivity index is 4.55. The van der Waals surface area contributed by atoms with Gasteiger partial charge in [0.1, 0.15) is 6.23 Å². The van der Waals surface area contributed by atoms with Crippen LogP contribution in [0.3, 0.4) is 0 Å². The molecule has 8 heteroatoms. The number of carbonyl (C=O) groups excluding carboxylic acids is 1. The summed E-state index contributed by atoms with van der Waals surface area (Å²) < 4.78 is 0. The summed E-state index contributed by atoms with van der Waals surface area (Å²) in [6.07, 6.45) is 43.5. The van der Waals surface area contributed by atoms with Crippen molar-refractivity contribution in [3.63, 3.8) is 0 Å². The Bertz CT molecular complexity index is 710. The van der Waals surface area contributed by atoms with Crippen molar-refractivity contribution in [2.24, 2.45) is 11.5 Å². The van der Waals surface area contributed by atoms with Gasteiger partial charge in [-0.1, -0.05) is 194 Å². The van der Waals surface area contributed by atoms with Crippen molar-refractivity contribution in [2.75, 3.05) is 52.4 Å². The van der Waals surface area contributed by atoms with Crippen LogP contribution in [-0.2, 0) is 4.79 Å². The van der Waals surface area contributed by atoms with Gasteiger partial charge in [0.05, 0.1) is 12.6 Å². The summed E-state index contributed by atoms with van der Waals surface area (Å²) in [6, 6.07) is -0.269. The van der Waals surface area contributed by atoms with E-state index in [0.29, 0.717) is 13.1 Å². The predicted octanol–water partition coefficient (Wildman–Crippen LogP) is 10.5. The van der Waals surface area contributed by atoms with Crippen LogP contribution in [0, 0.1) is 0 Å². The van der Waals surface area contributed by atoms with E-state index in [1.807, 2.05) is 0 Å². The predicted molar refractivity (Wildman–Crippen MR) is 242 cm³/mol. The summed E-state index contributed by atoms with van der Waals surface area (Å²) in [5.74, 6) is -0.0167. The topological polar surface area (TPSA) is 129 Å². The van der Waals surface area contributed by atoms with E-state index < -0.39 is 6.23 Å². The number of amides is 1. The maximum absolute atomic E-state index is 13.3. The second-order valence-corrected chi connectivity index (χ2v) is 16.8. The van der Waals surface area contributed by atoms with Gasteiger partial charge in [-0.3, -0.25) is 9.69 Å². The van der Waals surface area contributed by atoms with Gasteiger partial charge in [-0.2, -0.15) is 0 Å². The molecule has 0 bridgehead atoms. The van der Waals surface area contributed by atoms with Crippen LogP contribution in [0.1, 0.15) is 232 Å². The molecule has 0 aromatic heterocycles. The van der Waals surface area contributed by atoms with Crippen LogP contribution in [0.15, 0.2) is 0 Å². The van der Waals surface area contributed by atoms with Crippen LogP contribution in [0.4, 0.5) is 0 Å². The summed E-state index contributed by atoms with van der Waals surface area (Å²) in [7, 11) is 0. The zero-order valence-electron chi connectivity index (χ0n) is 37.3. The fourth-order valence-electron chi connectivity index (χ4n) is 7.71. The lowest BCUT2D eigenvalue weighted by atomic mass is 10.0. The molecule has 0 saturated carbocycles. The third kappa shape index (κ3) is 39.8. The molecule has 8 N–H and O–H groups in total. The molecular weight excluding hydrogens is 681 g/mol. The van der Waals surface area contributed by atoms with E-state index in [0.717, 1.165) is 71.2 Å². The second kappa shape index (κ2) is 45.9. The number of carbonyl (C=O) groups is 1. The molecule has 0 rings (SSSR count). The lowest BCUT2D eigenvalue weighted by molar-refractivity contribution is -0.124. The van der Waals surface area contributed by atoms with Gasteiger partial charge in [0.15, 0.2) is 0 Å². The molecule has 8 nitrogen and oxygen atoms in total. The smallest absolute Gasteiger partial charge is 0.237 e. The minimum absolute atomic E-state index is 0.0167. The van der Waals surface area contributed by atoms with Crippen molar-refractivity contribution in [2.45, 2.75) is 244 Å². The Labute approximate surface area is 344 Å². The highest BCUT2D eigenvalue weighted by Crippen LogP contribution is 2.16. The van der Waals surface area contributed by atoms with Gasteiger partial charge in [-0.05, 0) is 71.2 Å². The van der Waals surface area contributed by atoms with Gasteiger partial charge in [0.2, 0.25) is 5.91 Å². The Morgan fingerprint density at radius 3 is 1.22 bits per heavy atom. The van der Waals surface area contributed by atoms with E-state index in [2.05, 4.69) is 34.7 Å². The maximum Gasteiger partial charge on any atom is 0.237 e. The third-order valence-electron chi connectivity index (χ3n) is 11.5. The highest BCUT2D eigenvalue weighted by atomic mass is 16.3. The van der Waals surface area contributed by atoms with E-state index in [1.54, 1.807) is 0 Å². The summed E-state index contributed by atoms with van der Waals surface area (Å²) in [4.78, 5) is 15.5. The number of aliphatic hydroxyl groups excluding tert-OH is 1. The van der Waals surface area contributed by atoms with Crippen molar-refractivity contribution in [3.8, 4) is 0 Å². The van der Waals surface area contributed by atoms with E-state index >= 15 is 0 Å². The van der Waals surface area contributed by atoms with Crippen LogP contribution in [-0.4, -0.2) is 80.5 Å². The molecule has 0 aromatic rings. The van der Waals surface area contributed by atoms with Gasteiger partial charge in [0, 0.05) is 13.1 Å². The third-order valence-corrected chi connectivity index (χ3v) is 11.5. The van der Waals surface area contributed by atoms with Gasteiger partial charge >= 0.3 is 0 Å². The molecule has 0 aromatic carbocycles. The molecule has 0 aliphatic carbocycles. The molecule has 330 valence electrons. The van der Waals surface area contributed by atoms with Gasteiger partial charge < -0.3 is 32.5 Å². The first-order valence-electron chi connectivity index (χ1n) is 24.6. The number of rotatable bonds is 47. The number of hydrogen-bond donors (Lipinski definition) is 6. The molecule has 55 heavy (non-hydrogen) atoms. The van der Waals surface area contributed by atoms with E-state index in [1.165, 1.54) is 180 Å². The van der Waals surface area contributed by atoms with Gasteiger partial charge in [0.25, 0.3) is 0 Å². The molecule has 0 fully saturated rings. The number of nitrogens with two attached hydrogens (primary N) is 2. The van der Waals surface area contributed by atoms with Crippen LogP contribution >= 0.6 is 0 Å². The Kier molecular flexibility index (Phi) is 45.3. The Hall–Kier alpha value is -0.770. The molecule has 0 aliphatic heterocycles. The fourth-order valence-corrected chi connectivity index (χ4v) is 7.71. The summed E-state index contributed by atoms with van der Waals surface area (Å²) in [5, 5.41) is 21.3. The normalized spacial score (nSPS) is 12.8. The highest BCUT2D eigenvalue weighted by Gasteiger charge is 2.21. The largest absolute Gasteiger partial charge is 0.377 e. The minimum atomic E-state index is -0.648. The van der Waals surface area contributed by atoms with Crippen LogP contribution in [0.2, 0.25) is 0 Å². The van der Waals surface area contributed by atoms with Crippen molar-refractivity contribution >= 4 is 5.91 Å². The number of aliphatic hydroxyl groups is 1. The molecule has 0 saturated heterocycles. The quantitative estimate of drug-likeness (QED) is 0.0268. The van der Waals surface area contributed by atoms with E-state index in [-0.39, 0.29) is 18.5 Å². The Morgan fingerprint density at radius 1 is 0.491 bits per heavy atom. The molecule has 0 heterocycles. The first-order chi connectivity index (χ1) is 27.1. The molecule has 0 spiro atoms. The molecule has 2 unspecified atom stereocenters. The number of unbranched alkanes of at least 4 members (excludes halogenated alkanes) is 28. The average molecular weight is 781 g/mol. The molecule has 1 amide bonds. The lowest BCUT2D eigenvalue weighted by Crippen LogP contribution is -2.50. The molecule has 0 radical (unpaired) electrons. The van der Waals surface area contributed by atoms with Crippen LogP contribution < -0.4 is 27.4 Å². The lowest BCUT2D eigenvalue weighted by Gasteiger charge is -2.29. The Morgan fingerprint density at radius 2 is 0.836 bits per heavy atom. The SMILES string of the molecule is CCCCCCCCCCCCCCCCCN(CCCCCCCCCCCCCCCCC)C(O)CNC(=O)C(CCCNCCCN)NCCCN. The van der Waals surface area contributed by atoms with Crippen LogP contribution in [0.5, 0.6) is 0 Å². The standard InChI is InChI=1S/C47H100N6O2/c1-3-5-7-9-11-13-15-17-19-21-23-25-27-29-31-42-53(43-32-30-28-26-24-22-20-18-16-14-12-10-8-6-4-2)46(54)44-52-47(55)45(51-41-35-38-49)36-33-39-50-40-34-37-48/h45-46,50-51,54H,3-44,48-49H2,1-2H3,(H,52,55). The first-order valence-corrected chi connectivity index (χ1v) is 24.6. The van der Waals surface area contributed by atoms with E-state index in [9.17, 15) is 9.90 Å². The fraction of sp³-hybridized carbons (Fsp3) is 0.979. The van der Waals surface area contributed by atoms with E-state index in [4.69, 9.17) is 11.5 Å². The molecule has 2 atom stereocenters. The number of nitrogens with one attached hydrogen (secondary N) is 3. The second-order valence-electron chi connectivity index (χ2n) is 16.8. The highest BCUT2D eigenvalue weighted by molar-refractivity contribution is 5.81. The summed E-state index contributed by atoms with van der Waals surface area (Å²) in [6.45, 7) is 10.5. The molecular formula is C47H100N6O2. The average Bonchev–Trinajstić information content (AvgIpc) is 3.19. The van der Waals surface area contributed by atoms with Crippen molar-refractivity contribution in [1.82, 2.24) is 20.9 Å². The van der Waals surface area contributed by atoms with Crippen molar-refractivity contribution in [3.05, 3.63) is 0 Å². The first kappa shape index (κ1) is 54.2. The van der Waals surface area contributed by atoms with Crippen LogP contribution in [0.25, 0.3) is 0 Å². The van der Waals surface area contributed by atoms with Crippen molar-refractivity contribution < 1.29 is 9.90 Å². The number of nitrogens with zero attached hydrogens (tertiary/aromatic N) is 1. The summed E-state index contributed by atoms with van der Waals surface area (Å²) >= 11 is 0. The van der Waals surface area contributed by atoms with Crippen molar-refractivity contribution in [1.29, 1.82) is 0 Å². The number of hydrogen-bond acceptors (Lipinski definition) is 7. The van der Waals surface area contributed by atoms with Gasteiger partial charge in [-0.25, -0.2) is 0 Å². The monoisotopic (exact) mass is 781 g/mol.